The van der Waals surface area contributed by atoms with Crippen molar-refractivity contribution in [1.29, 1.82) is 0 Å². The Hall–Kier alpha value is -2.63. The summed E-state index contributed by atoms with van der Waals surface area (Å²) in [4.78, 5) is 26.8. The Bertz CT molecular complexity index is 784. The van der Waals surface area contributed by atoms with Gasteiger partial charge in [-0.2, -0.15) is 0 Å². The molecule has 0 atom stereocenters. The number of carbonyl (C=O) groups is 1. The largest absolute Gasteiger partial charge is 0.491 e. The molecule has 1 aromatic heterocycles. The Balaban J connectivity index is 2.18. The van der Waals surface area contributed by atoms with Crippen molar-refractivity contribution < 1.29 is 13.9 Å². The maximum Gasteiger partial charge on any atom is 0.254 e. The van der Waals surface area contributed by atoms with E-state index in [0.717, 1.165) is 11.3 Å². The lowest BCUT2D eigenvalue weighted by atomic mass is 10.1. The first kappa shape index (κ1) is 16.7. The number of nitrogens with one attached hydrogen (secondary N) is 2. The number of aromatic amines is 1. The molecule has 2 rings (SSSR count). The summed E-state index contributed by atoms with van der Waals surface area (Å²) in [7, 11) is 0. The van der Waals surface area contributed by atoms with E-state index in [1.165, 1.54) is 12.1 Å². The van der Waals surface area contributed by atoms with E-state index in [-0.39, 0.29) is 23.4 Å². The molecule has 6 heteroatoms. The van der Waals surface area contributed by atoms with E-state index in [4.69, 9.17) is 4.74 Å². The number of hydrogen-bond donors (Lipinski definition) is 2. The van der Waals surface area contributed by atoms with Gasteiger partial charge >= 0.3 is 0 Å². The summed E-state index contributed by atoms with van der Waals surface area (Å²) in [6, 6.07) is 6.20. The van der Waals surface area contributed by atoms with Crippen molar-refractivity contribution in [3.05, 3.63) is 62.8 Å². The fourth-order valence-corrected chi connectivity index (χ4v) is 2.32. The van der Waals surface area contributed by atoms with Crippen LogP contribution in [0.25, 0.3) is 0 Å². The van der Waals surface area contributed by atoms with Gasteiger partial charge < -0.3 is 15.0 Å². The average Bonchev–Trinajstić information content (AvgIpc) is 2.48. The van der Waals surface area contributed by atoms with E-state index >= 15 is 0 Å². The lowest BCUT2D eigenvalue weighted by Gasteiger charge is -2.10. The zero-order valence-corrected chi connectivity index (χ0v) is 13.3. The number of halogens is 1. The molecule has 2 aromatic rings. The van der Waals surface area contributed by atoms with Gasteiger partial charge in [-0.15, -0.1) is 0 Å². The third kappa shape index (κ3) is 3.77. The van der Waals surface area contributed by atoms with Gasteiger partial charge in [0.2, 0.25) is 0 Å². The van der Waals surface area contributed by atoms with E-state index < -0.39 is 11.7 Å². The maximum atomic E-state index is 14.2. The number of aromatic nitrogens is 1. The Morgan fingerprint density at radius 3 is 2.74 bits per heavy atom. The molecule has 0 fully saturated rings. The van der Waals surface area contributed by atoms with Crippen LogP contribution in [0.1, 0.15) is 34.1 Å². The first-order valence-corrected chi connectivity index (χ1v) is 7.33. The lowest BCUT2D eigenvalue weighted by Crippen LogP contribution is -2.28. The zero-order chi connectivity index (χ0) is 17.0. The van der Waals surface area contributed by atoms with Gasteiger partial charge in [-0.1, -0.05) is 6.07 Å². The molecule has 0 unspecified atom stereocenters. The number of benzene rings is 1. The van der Waals surface area contributed by atoms with Gasteiger partial charge in [-0.05, 0) is 44.5 Å². The van der Waals surface area contributed by atoms with Gasteiger partial charge in [0.15, 0.2) is 11.6 Å². The van der Waals surface area contributed by atoms with Crippen LogP contribution in [-0.2, 0) is 6.54 Å². The van der Waals surface area contributed by atoms with E-state index in [1.807, 2.05) is 6.07 Å². The molecule has 23 heavy (non-hydrogen) atoms. The predicted molar refractivity (Wildman–Crippen MR) is 85.3 cm³/mol. The Kier molecular flexibility index (Phi) is 5.16. The first-order chi connectivity index (χ1) is 10.9. The fraction of sp³-hybridized carbons (Fsp3) is 0.294. The van der Waals surface area contributed by atoms with Crippen molar-refractivity contribution in [2.24, 2.45) is 0 Å². The van der Waals surface area contributed by atoms with Crippen LogP contribution < -0.4 is 15.6 Å². The topological polar surface area (TPSA) is 71.2 Å². The highest BCUT2D eigenvalue weighted by Crippen LogP contribution is 2.20. The van der Waals surface area contributed by atoms with Gasteiger partial charge in [-0.25, -0.2) is 4.39 Å². The third-order valence-corrected chi connectivity index (χ3v) is 3.43. The van der Waals surface area contributed by atoms with Crippen LogP contribution in [0, 0.1) is 19.7 Å². The lowest BCUT2D eigenvalue weighted by molar-refractivity contribution is 0.0945. The Labute approximate surface area is 133 Å². The minimum Gasteiger partial charge on any atom is -0.491 e. The summed E-state index contributed by atoms with van der Waals surface area (Å²) < 4.78 is 19.3. The van der Waals surface area contributed by atoms with Crippen LogP contribution in [0.2, 0.25) is 0 Å². The highest BCUT2D eigenvalue weighted by molar-refractivity contribution is 5.94. The first-order valence-electron chi connectivity index (χ1n) is 7.33. The fourth-order valence-electron chi connectivity index (χ4n) is 2.32. The van der Waals surface area contributed by atoms with Crippen LogP contribution in [0.15, 0.2) is 29.1 Å². The van der Waals surface area contributed by atoms with Crippen LogP contribution in [0.5, 0.6) is 5.75 Å². The molecule has 1 aromatic carbocycles. The molecule has 0 aliphatic rings. The molecule has 0 saturated heterocycles. The van der Waals surface area contributed by atoms with Crippen LogP contribution in [0.4, 0.5) is 4.39 Å². The number of aryl methyl sites for hydroxylation is 2. The van der Waals surface area contributed by atoms with Crippen molar-refractivity contribution >= 4 is 5.91 Å². The van der Waals surface area contributed by atoms with Crippen LogP contribution in [0.3, 0.4) is 0 Å². The highest BCUT2D eigenvalue weighted by atomic mass is 19.1. The number of ether oxygens (including phenoxy) is 1. The summed E-state index contributed by atoms with van der Waals surface area (Å²) >= 11 is 0. The second kappa shape index (κ2) is 7.09. The smallest absolute Gasteiger partial charge is 0.254 e. The second-order valence-corrected chi connectivity index (χ2v) is 5.18. The number of rotatable bonds is 5. The summed E-state index contributed by atoms with van der Waals surface area (Å²) in [5.74, 6) is -1.27. The molecule has 0 saturated carbocycles. The minimum absolute atomic E-state index is 0.0264. The van der Waals surface area contributed by atoms with Crippen LogP contribution in [-0.4, -0.2) is 17.5 Å². The molecule has 0 spiro atoms. The molecule has 122 valence electrons. The molecule has 0 aliphatic carbocycles. The van der Waals surface area contributed by atoms with Crippen molar-refractivity contribution in [2.45, 2.75) is 27.3 Å². The molecule has 2 N–H and O–H groups in total. The Morgan fingerprint density at radius 1 is 1.35 bits per heavy atom. The van der Waals surface area contributed by atoms with Gasteiger partial charge in [0.1, 0.15) is 0 Å². The molecule has 0 bridgehead atoms. The zero-order valence-electron chi connectivity index (χ0n) is 13.3. The molecular formula is C17H19FN2O3. The predicted octanol–water partition coefficient (Wildman–Crippen LogP) is 2.46. The van der Waals surface area contributed by atoms with Gasteiger partial charge in [0.25, 0.3) is 11.5 Å². The van der Waals surface area contributed by atoms with Gasteiger partial charge in [-0.3, -0.25) is 9.59 Å². The number of H-pyrrole nitrogens is 1. The molecule has 0 radical (unpaired) electrons. The van der Waals surface area contributed by atoms with Gasteiger partial charge in [0, 0.05) is 17.8 Å². The average molecular weight is 318 g/mol. The Morgan fingerprint density at radius 2 is 2.09 bits per heavy atom. The van der Waals surface area contributed by atoms with E-state index in [2.05, 4.69) is 10.3 Å². The summed E-state index contributed by atoms with van der Waals surface area (Å²) in [6.45, 7) is 5.64. The molecule has 1 amide bonds. The standard InChI is InChI=1S/C17H19FN2O3/c1-4-23-14-7-5-6-12(15(14)18)16(21)19-9-13-10(2)8-11(3)20-17(13)22/h5-8H,4,9H2,1-3H3,(H,19,21)(H,20,22). The number of hydrogen-bond acceptors (Lipinski definition) is 3. The van der Waals surface area contributed by atoms with Crippen molar-refractivity contribution in [3.8, 4) is 5.75 Å². The quantitative estimate of drug-likeness (QED) is 0.889. The second-order valence-electron chi connectivity index (χ2n) is 5.18. The van der Waals surface area contributed by atoms with Crippen molar-refractivity contribution in [3.63, 3.8) is 0 Å². The maximum absolute atomic E-state index is 14.2. The number of amides is 1. The van der Waals surface area contributed by atoms with Crippen LogP contribution >= 0.6 is 0 Å². The summed E-state index contributed by atoms with van der Waals surface area (Å²) in [5, 5.41) is 2.57. The molecule has 1 heterocycles. The van der Waals surface area contributed by atoms with Gasteiger partial charge in [0.05, 0.1) is 12.2 Å². The molecule has 0 aliphatic heterocycles. The van der Waals surface area contributed by atoms with E-state index in [0.29, 0.717) is 12.2 Å². The van der Waals surface area contributed by atoms with E-state index in [9.17, 15) is 14.0 Å². The molecule has 5 nitrogen and oxygen atoms in total. The monoisotopic (exact) mass is 318 g/mol. The minimum atomic E-state index is -0.707. The van der Waals surface area contributed by atoms with Crippen molar-refractivity contribution in [2.75, 3.05) is 6.61 Å². The van der Waals surface area contributed by atoms with E-state index in [1.54, 1.807) is 26.8 Å². The molecular weight excluding hydrogens is 299 g/mol. The summed E-state index contributed by atoms with van der Waals surface area (Å²) in [6.07, 6.45) is 0. The summed E-state index contributed by atoms with van der Waals surface area (Å²) in [5.41, 5.74) is 1.60. The third-order valence-electron chi connectivity index (χ3n) is 3.43. The normalized spacial score (nSPS) is 10.4. The highest BCUT2D eigenvalue weighted by Gasteiger charge is 2.16. The number of pyridine rings is 1. The SMILES string of the molecule is CCOc1cccc(C(=O)NCc2c(C)cc(C)[nH]c2=O)c1F. The number of carbonyl (C=O) groups excluding carboxylic acids is 1. The van der Waals surface area contributed by atoms with Crippen molar-refractivity contribution in [1.82, 2.24) is 10.3 Å².